The van der Waals surface area contributed by atoms with Crippen molar-refractivity contribution in [3.05, 3.63) is 18.0 Å². The van der Waals surface area contributed by atoms with Gasteiger partial charge in [-0.15, -0.1) is 0 Å². The molecule has 0 saturated heterocycles. The molecule has 2 atom stereocenters. The maximum absolute atomic E-state index is 5.88. The van der Waals surface area contributed by atoms with Crippen molar-refractivity contribution in [1.82, 2.24) is 9.78 Å². The fraction of sp³-hybridized carbons (Fsp3) is 0.769. The predicted molar refractivity (Wildman–Crippen MR) is 66.2 cm³/mol. The number of nitrogens with zero attached hydrogens (tertiary/aromatic N) is 2. The summed E-state index contributed by atoms with van der Waals surface area (Å²) in [6, 6.07) is 3.05. The summed E-state index contributed by atoms with van der Waals surface area (Å²) in [6.45, 7) is 4.26. The highest BCUT2D eigenvalue weighted by Crippen LogP contribution is 2.28. The number of hydrogen-bond donors (Lipinski definition) is 1. The van der Waals surface area contributed by atoms with Crippen LogP contribution in [0.25, 0.3) is 0 Å². The quantitative estimate of drug-likeness (QED) is 0.849. The van der Waals surface area contributed by atoms with E-state index in [1.54, 1.807) is 0 Å². The first-order valence-electron chi connectivity index (χ1n) is 6.46. The first kappa shape index (κ1) is 11.6. The van der Waals surface area contributed by atoms with Crippen molar-refractivity contribution in [2.75, 3.05) is 0 Å². The first-order valence-corrected chi connectivity index (χ1v) is 6.46. The zero-order chi connectivity index (χ0) is 11.5. The minimum absolute atomic E-state index is 0.247. The molecule has 3 heteroatoms. The molecular formula is C13H23N3. The summed E-state index contributed by atoms with van der Waals surface area (Å²) in [5, 5.41) is 4.68. The highest BCUT2D eigenvalue weighted by molar-refractivity contribution is 5.01. The smallest absolute Gasteiger partial charge is 0.0627 e. The number of aromatic nitrogens is 2. The summed E-state index contributed by atoms with van der Waals surface area (Å²) >= 11 is 0. The molecule has 1 saturated carbocycles. The first-order chi connectivity index (χ1) is 7.66. The molecule has 3 nitrogen and oxygen atoms in total. The van der Waals surface area contributed by atoms with Crippen molar-refractivity contribution >= 4 is 0 Å². The Labute approximate surface area is 98.0 Å². The normalized spacial score (nSPS) is 21.2. The Hall–Kier alpha value is -0.830. The third-order valence-electron chi connectivity index (χ3n) is 3.79. The molecule has 1 aliphatic carbocycles. The lowest BCUT2D eigenvalue weighted by atomic mass is 9.99. The third kappa shape index (κ3) is 2.64. The Balaban J connectivity index is 1.96. The Bertz CT molecular complexity index is 324. The highest BCUT2D eigenvalue weighted by Gasteiger charge is 2.18. The summed E-state index contributed by atoms with van der Waals surface area (Å²) in [5.74, 6) is 0.506. The molecule has 2 rings (SSSR count). The summed E-state index contributed by atoms with van der Waals surface area (Å²) in [7, 11) is 0. The van der Waals surface area contributed by atoms with Gasteiger partial charge >= 0.3 is 0 Å². The SMILES string of the molecule is CC(N)C(C)Cc1ccn(C2CCCC2)n1. The molecule has 1 aromatic rings. The predicted octanol–water partition coefficient (Wildman–Crippen LogP) is 2.52. The zero-order valence-corrected chi connectivity index (χ0v) is 10.4. The van der Waals surface area contributed by atoms with Gasteiger partial charge in [-0.2, -0.15) is 5.10 Å². The Morgan fingerprint density at radius 1 is 1.44 bits per heavy atom. The van der Waals surface area contributed by atoms with Gasteiger partial charge in [0.05, 0.1) is 11.7 Å². The lowest BCUT2D eigenvalue weighted by Crippen LogP contribution is -2.25. The van der Waals surface area contributed by atoms with Crippen LogP contribution in [0.2, 0.25) is 0 Å². The topological polar surface area (TPSA) is 43.8 Å². The largest absolute Gasteiger partial charge is 0.328 e. The van der Waals surface area contributed by atoms with Gasteiger partial charge in [-0.25, -0.2) is 0 Å². The van der Waals surface area contributed by atoms with E-state index in [0.29, 0.717) is 12.0 Å². The van der Waals surface area contributed by atoms with Gasteiger partial charge in [0.2, 0.25) is 0 Å². The van der Waals surface area contributed by atoms with Crippen LogP contribution >= 0.6 is 0 Å². The van der Waals surface area contributed by atoms with Gasteiger partial charge in [0, 0.05) is 12.2 Å². The van der Waals surface area contributed by atoms with Gasteiger partial charge in [-0.05, 0) is 38.2 Å². The van der Waals surface area contributed by atoms with Crippen LogP contribution < -0.4 is 5.73 Å². The molecule has 1 aliphatic rings. The fourth-order valence-corrected chi connectivity index (χ4v) is 2.37. The van der Waals surface area contributed by atoms with E-state index in [1.165, 1.54) is 31.4 Å². The monoisotopic (exact) mass is 221 g/mol. The molecule has 0 bridgehead atoms. The van der Waals surface area contributed by atoms with Crippen LogP contribution in [0.15, 0.2) is 12.3 Å². The molecule has 0 spiro atoms. The Kier molecular flexibility index (Phi) is 3.64. The Morgan fingerprint density at radius 2 is 2.12 bits per heavy atom. The molecular weight excluding hydrogens is 198 g/mol. The maximum Gasteiger partial charge on any atom is 0.0627 e. The molecule has 16 heavy (non-hydrogen) atoms. The number of rotatable bonds is 4. The van der Waals surface area contributed by atoms with Crippen LogP contribution in [0.5, 0.6) is 0 Å². The lowest BCUT2D eigenvalue weighted by molar-refractivity contribution is 0.445. The van der Waals surface area contributed by atoms with Crippen LogP contribution in [-0.4, -0.2) is 15.8 Å². The van der Waals surface area contributed by atoms with Crippen LogP contribution in [-0.2, 0) is 6.42 Å². The van der Waals surface area contributed by atoms with Gasteiger partial charge in [0.15, 0.2) is 0 Å². The molecule has 1 heterocycles. The molecule has 0 aromatic carbocycles. The summed E-state index contributed by atoms with van der Waals surface area (Å²) in [6.07, 6.45) is 8.44. The second-order valence-corrected chi connectivity index (χ2v) is 5.27. The van der Waals surface area contributed by atoms with E-state index in [1.807, 2.05) is 0 Å². The van der Waals surface area contributed by atoms with E-state index in [-0.39, 0.29) is 6.04 Å². The molecule has 90 valence electrons. The minimum atomic E-state index is 0.247. The molecule has 1 aromatic heterocycles. The maximum atomic E-state index is 5.88. The molecule has 0 amide bonds. The average molecular weight is 221 g/mol. The fourth-order valence-electron chi connectivity index (χ4n) is 2.37. The number of hydrogen-bond acceptors (Lipinski definition) is 2. The van der Waals surface area contributed by atoms with Gasteiger partial charge in [0.25, 0.3) is 0 Å². The van der Waals surface area contributed by atoms with Gasteiger partial charge in [0.1, 0.15) is 0 Å². The van der Waals surface area contributed by atoms with Crippen LogP contribution in [0.3, 0.4) is 0 Å². The van der Waals surface area contributed by atoms with E-state index in [9.17, 15) is 0 Å². The summed E-state index contributed by atoms with van der Waals surface area (Å²) in [4.78, 5) is 0. The standard InChI is InChI=1S/C13H23N3/c1-10(11(2)14)9-12-7-8-16(15-12)13-5-3-4-6-13/h7-8,10-11,13H,3-6,9,14H2,1-2H3. The zero-order valence-electron chi connectivity index (χ0n) is 10.4. The van der Waals surface area contributed by atoms with E-state index in [0.717, 1.165) is 6.42 Å². The molecule has 1 fully saturated rings. The molecule has 2 N–H and O–H groups in total. The lowest BCUT2D eigenvalue weighted by Gasteiger charge is -2.14. The second kappa shape index (κ2) is 5.00. The van der Waals surface area contributed by atoms with Crippen molar-refractivity contribution in [3.8, 4) is 0 Å². The molecule has 2 unspecified atom stereocenters. The number of nitrogens with two attached hydrogens (primary N) is 1. The minimum Gasteiger partial charge on any atom is -0.328 e. The second-order valence-electron chi connectivity index (χ2n) is 5.27. The van der Waals surface area contributed by atoms with E-state index >= 15 is 0 Å². The van der Waals surface area contributed by atoms with Crippen LogP contribution in [0, 0.1) is 5.92 Å². The van der Waals surface area contributed by atoms with E-state index in [2.05, 4.69) is 35.9 Å². The van der Waals surface area contributed by atoms with Crippen molar-refractivity contribution in [3.63, 3.8) is 0 Å². The highest BCUT2D eigenvalue weighted by atomic mass is 15.3. The van der Waals surface area contributed by atoms with Crippen molar-refractivity contribution in [2.45, 2.75) is 58.0 Å². The van der Waals surface area contributed by atoms with Crippen molar-refractivity contribution in [1.29, 1.82) is 0 Å². The third-order valence-corrected chi connectivity index (χ3v) is 3.79. The van der Waals surface area contributed by atoms with Crippen molar-refractivity contribution < 1.29 is 0 Å². The van der Waals surface area contributed by atoms with E-state index < -0.39 is 0 Å². The van der Waals surface area contributed by atoms with Crippen LogP contribution in [0.4, 0.5) is 0 Å². The van der Waals surface area contributed by atoms with Crippen molar-refractivity contribution in [2.24, 2.45) is 11.7 Å². The summed E-state index contributed by atoms with van der Waals surface area (Å²) < 4.78 is 2.16. The molecule has 0 aliphatic heterocycles. The van der Waals surface area contributed by atoms with Gasteiger partial charge in [-0.3, -0.25) is 4.68 Å². The Morgan fingerprint density at radius 3 is 2.75 bits per heavy atom. The van der Waals surface area contributed by atoms with Crippen LogP contribution in [0.1, 0.15) is 51.3 Å². The van der Waals surface area contributed by atoms with E-state index in [4.69, 9.17) is 5.73 Å². The van der Waals surface area contributed by atoms with Gasteiger partial charge in [-0.1, -0.05) is 19.8 Å². The molecule has 0 radical (unpaired) electrons. The van der Waals surface area contributed by atoms with Gasteiger partial charge < -0.3 is 5.73 Å². The summed E-state index contributed by atoms with van der Waals surface area (Å²) in [5.41, 5.74) is 7.07. The average Bonchev–Trinajstić information content (AvgIpc) is 2.85.